The minimum Gasteiger partial charge on any atom is -0.480 e. The molecule has 6 nitrogen and oxygen atoms in total. The van der Waals surface area contributed by atoms with E-state index in [1.165, 1.54) is 0 Å². The Morgan fingerprint density at radius 1 is 1.19 bits per heavy atom. The van der Waals surface area contributed by atoms with E-state index < -0.39 is 11.5 Å². The summed E-state index contributed by atoms with van der Waals surface area (Å²) >= 11 is 0. The van der Waals surface area contributed by atoms with Crippen LogP contribution in [0.2, 0.25) is 0 Å². The zero-order valence-corrected chi connectivity index (χ0v) is 12.7. The van der Waals surface area contributed by atoms with Crippen molar-refractivity contribution in [3.8, 4) is 0 Å². The Balaban J connectivity index is 2.03. The number of hydrogen-bond acceptors (Lipinski definition) is 3. The molecule has 0 aromatic rings. The van der Waals surface area contributed by atoms with E-state index in [-0.39, 0.29) is 18.1 Å². The first kappa shape index (κ1) is 16.1. The average Bonchev–Trinajstić information content (AvgIpc) is 2.68. The maximum atomic E-state index is 12.4. The van der Waals surface area contributed by atoms with Gasteiger partial charge in [0.1, 0.15) is 5.54 Å². The summed E-state index contributed by atoms with van der Waals surface area (Å²) < 4.78 is 0. The first-order chi connectivity index (χ1) is 9.94. The Labute approximate surface area is 125 Å². The summed E-state index contributed by atoms with van der Waals surface area (Å²) in [5.74, 6) is -0.901. The van der Waals surface area contributed by atoms with Gasteiger partial charge >= 0.3 is 12.0 Å². The smallest absolute Gasteiger partial charge is 0.329 e. The van der Waals surface area contributed by atoms with E-state index in [0.29, 0.717) is 32.4 Å². The Bertz CT molecular complexity index is 391. The van der Waals surface area contributed by atoms with E-state index >= 15 is 0 Å². The first-order valence-corrected chi connectivity index (χ1v) is 7.93. The number of aliphatic carboxylic acids is 1. The third-order valence-electron chi connectivity index (χ3n) is 4.86. The fourth-order valence-electron chi connectivity index (χ4n) is 3.33. The van der Waals surface area contributed by atoms with Crippen LogP contribution in [-0.4, -0.2) is 51.8 Å². The van der Waals surface area contributed by atoms with Crippen molar-refractivity contribution in [2.24, 2.45) is 5.92 Å². The second-order valence-electron chi connectivity index (χ2n) is 6.51. The lowest BCUT2D eigenvalue weighted by Crippen LogP contribution is -2.59. The van der Waals surface area contributed by atoms with E-state index in [2.05, 4.69) is 5.32 Å². The highest BCUT2D eigenvalue weighted by molar-refractivity contribution is 5.86. The number of amides is 2. The minimum absolute atomic E-state index is 0.0272. The zero-order valence-electron chi connectivity index (χ0n) is 12.7. The van der Waals surface area contributed by atoms with Gasteiger partial charge < -0.3 is 20.4 Å². The Morgan fingerprint density at radius 3 is 2.33 bits per heavy atom. The number of aliphatic hydroxyl groups excluding tert-OH is 1. The van der Waals surface area contributed by atoms with E-state index in [9.17, 15) is 19.8 Å². The van der Waals surface area contributed by atoms with Gasteiger partial charge in [-0.1, -0.05) is 32.6 Å². The Kier molecular flexibility index (Phi) is 5.08. The molecular weight excluding hydrogens is 272 g/mol. The van der Waals surface area contributed by atoms with Gasteiger partial charge in [-0.05, 0) is 25.2 Å². The summed E-state index contributed by atoms with van der Waals surface area (Å²) in [7, 11) is 0. The predicted molar refractivity (Wildman–Crippen MR) is 78.0 cm³/mol. The van der Waals surface area contributed by atoms with Gasteiger partial charge in [-0.15, -0.1) is 0 Å². The van der Waals surface area contributed by atoms with Gasteiger partial charge in [0.2, 0.25) is 0 Å². The number of urea groups is 1. The number of piperidine rings is 1. The van der Waals surface area contributed by atoms with Crippen LogP contribution < -0.4 is 5.32 Å². The van der Waals surface area contributed by atoms with Gasteiger partial charge in [-0.25, -0.2) is 9.59 Å². The Morgan fingerprint density at radius 2 is 1.81 bits per heavy atom. The maximum Gasteiger partial charge on any atom is 0.329 e. The normalized spacial score (nSPS) is 29.5. The van der Waals surface area contributed by atoms with Crippen LogP contribution in [0.25, 0.3) is 0 Å². The lowest BCUT2D eigenvalue weighted by Gasteiger charge is -2.37. The first-order valence-electron chi connectivity index (χ1n) is 7.93. The monoisotopic (exact) mass is 298 g/mol. The largest absolute Gasteiger partial charge is 0.480 e. The number of carboxylic acid groups (broad SMARTS) is 1. The molecule has 6 heteroatoms. The summed E-state index contributed by atoms with van der Waals surface area (Å²) in [6.45, 7) is 2.86. The van der Waals surface area contributed by atoms with Crippen LogP contribution in [-0.2, 0) is 4.79 Å². The topological polar surface area (TPSA) is 89.9 Å². The molecule has 3 N–H and O–H groups in total. The van der Waals surface area contributed by atoms with Gasteiger partial charge in [0.25, 0.3) is 0 Å². The van der Waals surface area contributed by atoms with Crippen LogP contribution in [0, 0.1) is 5.92 Å². The molecule has 120 valence electrons. The molecule has 1 aliphatic carbocycles. The summed E-state index contributed by atoms with van der Waals surface area (Å²) in [5.41, 5.74) is -1.12. The zero-order chi connectivity index (χ0) is 15.5. The number of hydrogen-bond donors (Lipinski definition) is 3. The highest BCUT2D eigenvalue weighted by atomic mass is 16.4. The van der Waals surface area contributed by atoms with Gasteiger partial charge in [-0.3, -0.25) is 0 Å². The number of aliphatic hydroxyl groups is 1. The molecule has 2 atom stereocenters. The molecule has 2 unspecified atom stereocenters. The molecule has 2 rings (SSSR count). The van der Waals surface area contributed by atoms with Crippen molar-refractivity contribution >= 4 is 12.0 Å². The number of carboxylic acids is 1. The highest BCUT2D eigenvalue weighted by Gasteiger charge is 2.41. The third-order valence-corrected chi connectivity index (χ3v) is 4.86. The van der Waals surface area contributed by atoms with E-state index in [1.54, 1.807) is 4.90 Å². The van der Waals surface area contributed by atoms with Crippen molar-refractivity contribution in [1.82, 2.24) is 10.2 Å². The van der Waals surface area contributed by atoms with Crippen LogP contribution in [0.5, 0.6) is 0 Å². The second kappa shape index (κ2) is 6.64. The van der Waals surface area contributed by atoms with Crippen LogP contribution >= 0.6 is 0 Å². The minimum atomic E-state index is -1.12. The van der Waals surface area contributed by atoms with Crippen LogP contribution in [0.15, 0.2) is 0 Å². The summed E-state index contributed by atoms with van der Waals surface area (Å²) in [4.78, 5) is 25.7. The molecule has 1 heterocycles. The summed E-state index contributed by atoms with van der Waals surface area (Å²) in [6.07, 6.45) is 4.90. The lowest BCUT2D eigenvalue weighted by atomic mass is 9.90. The standard InChI is InChI=1S/C15H26N2O4/c1-11-10-17(9-6-12(11)18)14(21)16-15(13(19)20)7-4-2-3-5-8-15/h11-12,18H,2-10H2,1H3,(H,16,21)(H,19,20). The van der Waals surface area contributed by atoms with Crippen molar-refractivity contribution < 1.29 is 19.8 Å². The molecule has 0 aromatic heterocycles. The molecular formula is C15H26N2O4. The fraction of sp³-hybridized carbons (Fsp3) is 0.867. The van der Waals surface area contributed by atoms with E-state index in [0.717, 1.165) is 25.7 Å². The molecule has 0 bridgehead atoms. The van der Waals surface area contributed by atoms with Crippen molar-refractivity contribution in [2.75, 3.05) is 13.1 Å². The molecule has 1 saturated heterocycles. The van der Waals surface area contributed by atoms with E-state index in [4.69, 9.17) is 0 Å². The predicted octanol–water partition coefficient (Wildman–Crippen LogP) is 1.58. The maximum absolute atomic E-state index is 12.4. The SMILES string of the molecule is CC1CN(C(=O)NC2(C(=O)O)CCCCCC2)CCC1O. The molecule has 0 aromatic carbocycles. The number of rotatable bonds is 2. The van der Waals surface area contributed by atoms with Gasteiger partial charge in [0, 0.05) is 13.1 Å². The van der Waals surface area contributed by atoms with Crippen LogP contribution in [0.4, 0.5) is 4.79 Å². The molecule has 2 fully saturated rings. The molecule has 21 heavy (non-hydrogen) atoms. The quantitative estimate of drug-likeness (QED) is 0.675. The Hall–Kier alpha value is -1.30. The molecule has 2 amide bonds. The van der Waals surface area contributed by atoms with Crippen molar-refractivity contribution in [3.05, 3.63) is 0 Å². The van der Waals surface area contributed by atoms with Crippen molar-refractivity contribution in [1.29, 1.82) is 0 Å². The van der Waals surface area contributed by atoms with Crippen molar-refractivity contribution in [3.63, 3.8) is 0 Å². The fourth-order valence-corrected chi connectivity index (χ4v) is 3.33. The van der Waals surface area contributed by atoms with Gasteiger partial charge in [-0.2, -0.15) is 0 Å². The number of nitrogens with zero attached hydrogens (tertiary/aromatic N) is 1. The average molecular weight is 298 g/mol. The van der Waals surface area contributed by atoms with Gasteiger partial charge in [0.05, 0.1) is 6.10 Å². The summed E-state index contributed by atoms with van der Waals surface area (Å²) in [6, 6.07) is -0.307. The summed E-state index contributed by atoms with van der Waals surface area (Å²) in [5, 5.41) is 22.1. The van der Waals surface area contributed by atoms with E-state index in [1.807, 2.05) is 6.92 Å². The van der Waals surface area contributed by atoms with Crippen LogP contribution in [0.1, 0.15) is 51.9 Å². The highest BCUT2D eigenvalue weighted by Crippen LogP contribution is 2.28. The third kappa shape index (κ3) is 3.67. The molecule has 0 spiro atoms. The van der Waals surface area contributed by atoms with Crippen molar-refractivity contribution in [2.45, 2.75) is 63.5 Å². The molecule has 2 aliphatic rings. The molecule has 1 aliphatic heterocycles. The lowest BCUT2D eigenvalue weighted by molar-refractivity contribution is -0.145. The number of carbonyl (C=O) groups is 2. The molecule has 1 saturated carbocycles. The number of likely N-dealkylation sites (tertiary alicyclic amines) is 1. The molecule has 0 radical (unpaired) electrons. The number of nitrogens with one attached hydrogen (secondary N) is 1. The van der Waals surface area contributed by atoms with Crippen LogP contribution in [0.3, 0.4) is 0 Å². The second-order valence-corrected chi connectivity index (χ2v) is 6.51. The van der Waals surface area contributed by atoms with Gasteiger partial charge in [0.15, 0.2) is 0 Å². The number of carbonyl (C=O) groups excluding carboxylic acids is 1.